The summed E-state index contributed by atoms with van der Waals surface area (Å²) in [6.07, 6.45) is 0.346. The van der Waals surface area contributed by atoms with Crippen LogP contribution in [0.1, 0.15) is 23.7 Å². The SMILES string of the molecule is CCC(=O)c1ccc(Br)c([N+](=O)[O-])c1. The molecule has 0 N–H and O–H groups in total. The second-order valence-corrected chi connectivity index (χ2v) is 3.55. The average Bonchev–Trinajstić information content (AvgIpc) is 2.17. The third kappa shape index (κ3) is 2.17. The lowest BCUT2D eigenvalue weighted by Crippen LogP contribution is -1.98. The van der Waals surface area contributed by atoms with Gasteiger partial charge >= 0.3 is 0 Å². The molecule has 4 nitrogen and oxygen atoms in total. The van der Waals surface area contributed by atoms with Crippen molar-refractivity contribution in [3.8, 4) is 0 Å². The summed E-state index contributed by atoms with van der Waals surface area (Å²) < 4.78 is 0.384. The molecule has 74 valence electrons. The van der Waals surface area contributed by atoms with Crippen LogP contribution in [0.5, 0.6) is 0 Å². The number of hydrogen-bond acceptors (Lipinski definition) is 3. The largest absolute Gasteiger partial charge is 0.294 e. The van der Waals surface area contributed by atoms with E-state index in [0.29, 0.717) is 16.5 Å². The molecule has 0 aliphatic heterocycles. The van der Waals surface area contributed by atoms with Crippen molar-refractivity contribution in [2.24, 2.45) is 0 Å². The molecule has 1 aromatic carbocycles. The van der Waals surface area contributed by atoms with Gasteiger partial charge in [-0.05, 0) is 28.1 Å². The first kappa shape index (κ1) is 10.8. The topological polar surface area (TPSA) is 60.2 Å². The summed E-state index contributed by atoms with van der Waals surface area (Å²) >= 11 is 3.05. The van der Waals surface area contributed by atoms with Crippen LogP contribution in [0.2, 0.25) is 0 Å². The second kappa shape index (κ2) is 4.32. The molecule has 0 aliphatic rings. The fourth-order valence-corrected chi connectivity index (χ4v) is 1.42. The average molecular weight is 258 g/mol. The standard InChI is InChI=1S/C9H8BrNO3/c1-2-9(12)6-3-4-7(10)8(5-6)11(13)14/h3-5H,2H2,1H3. The minimum Gasteiger partial charge on any atom is -0.294 e. The summed E-state index contributed by atoms with van der Waals surface area (Å²) in [5, 5.41) is 10.5. The first-order chi connectivity index (χ1) is 6.56. The molecule has 1 aromatic rings. The van der Waals surface area contributed by atoms with Crippen LogP contribution in [0.15, 0.2) is 22.7 Å². The number of benzene rings is 1. The fraction of sp³-hybridized carbons (Fsp3) is 0.222. The van der Waals surface area contributed by atoms with Gasteiger partial charge in [-0.25, -0.2) is 0 Å². The summed E-state index contributed by atoms with van der Waals surface area (Å²) in [6.45, 7) is 1.72. The maximum absolute atomic E-state index is 11.3. The Kier molecular flexibility index (Phi) is 3.35. The predicted molar refractivity (Wildman–Crippen MR) is 55.4 cm³/mol. The van der Waals surface area contributed by atoms with E-state index in [1.165, 1.54) is 12.1 Å². The van der Waals surface area contributed by atoms with Crippen LogP contribution < -0.4 is 0 Å². The minimum absolute atomic E-state index is 0.0794. The molecule has 0 atom stereocenters. The van der Waals surface area contributed by atoms with Gasteiger partial charge in [0.1, 0.15) is 0 Å². The van der Waals surface area contributed by atoms with E-state index in [4.69, 9.17) is 0 Å². The van der Waals surface area contributed by atoms with Crippen LogP contribution in [0.4, 0.5) is 5.69 Å². The number of Topliss-reactive ketones (excluding diaryl/α,β-unsaturated/α-hetero) is 1. The van der Waals surface area contributed by atoms with Crippen molar-refractivity contribution in [1.82, 2.24) is 0 Å². The van der Waals surface area contributed by atoms with Crippen LogP contribution in [0.25, 0.3) is 0 Å². The van der Waals surface area contributed by atoms with Gasteiger partial charge in [0.25, 0.3) is 5.69 Å². The van der Waals surface area contributed by atoms with Crippen molar-refractivity contribution < 1.29 is 9.72 Å². The zero-order valence-electron chi connectivity index (χ0n) is 7.49. The first-order valence-corrected chi connectivity index (χ1v) is 4.82. The predicted octanol–water partition coefficient (Wildman–Crippen LogP) is 2.95. The molecule has 14 heavy (non-hydrogen) atoms. The first-order valence-electron chi connectivity index (χ1n) is 4.03. The highest BCUT2D eigenvalue weighted by Crippen LogP contribution is 2.25. The molecule has 0 aliphatic carbocycles. The number of carbonyl (C=O) groups excluding carboxylic acids is 1. The van der Waals surface area contributed by atoms with Gasteiger partial charge in [-0.1, -0.05) is 6.92 Å². The van der Waals surface area contributed by atoms with Crippen LogP contribution in [0.3, 0.4) is 0 Å². The summed E-state index contributed by atoms with van der Waals surface area (Å²) in [5.74, 6) is -0.0967. The number of ketones is 1. The Morgan fingerprint density at radius 3 is 2.71 bits per heavy atom. The molecule has 0 bridgehead atoms. The molecule has 1 rings (SSSR count). The Balaban J connectivity index is 3.19. The lowest BCUT2D eigenvalue weighted by molar-refractivity contribution is -0.385. The summed E-state index contributed by atoms with van der Waals surface area (Å²) in [5.41, 5.74) is 0.298. The van der Waals surface area contributed by atoms with E-state index in [2.05, 4.69) is 15.9 Å². The molecule has 0 heterocycles. The number of nitro groups is 1. The van der Waals surface area contributed by atoms with Gasteiger partial charge in [0.15, 0.2) is 5.78 Å². The van der Waals surface area contributed by atoms with E-state index < -0.39 is 4.92 Å². The van der Waals surface area contributed by atoms with Gasteiger partial charge in [-0.2, -0.15) is 0 Å². The minimum atomic E-state index is -0.517. The quantitative estimate of drug-likeness (QED) is 0.475. The number of rotatable bonds is 3. The number of carbonyl (C=O) groups is 1. The molecular weight excluding hydrogens is 250 g/mol. The van der Waals surface area contributed by atoms with Crippen molar-refractivity contribution in [3.63, 3.8) is 0 Å². The fourth-order valence-electron chi connectivity index (χ4n) is 1.03. The van der Waals surface area contributed by atoms with Crippen LogP contribution >= 0.6 is 15.9 Å². The lowest BCUT2D eigenvalue weighted by atomic mass is 10.1. The lowest BCUT2D eigenvalue weighted by Gasteiger charge is -1.99. The van der Waals surface area contributed by atoms with Crippen LogP contribution in [0, 0.1) is 10.1 Å². The van der Waals surface area contributed by atoms with Gasteiger partial charge in [0, 0.05) is 18.1 Å². The maximum atomic E-state index is 11.3. The Hall–Kier alpha value is -1.23. The third-order valence-electron chi connectivity index (χ3n) is 1.79. The smallest absolute Gasteiger partial charge is 0.284 e. The Bertz CT molecular complexity index is 390. The molecule has 5 heteroatoms. The molecule has 0 saturated heterocycles. The number of nitrogens with zero attached hydrogens (tertiary/aromatic N) is 1. The maximum Gasteiger partial charge on any atom is 0.284 e. The number of halogens is 1. The summed E-state index contributed by atoms with van der Waals surface area (Å²) in [6, 6.07) is 4.37. The highest BCUT2D eigenvalue weighted by atomic mass is 79.9. The zero-order valence-corrected chi connectivity index (χ0v) is 9.08. The number of nitro benzene ring substituents is 1. The van der Waals surface area contributed by atoms with Gasteiger partial charge in [-0.15, -0.1) is 0 Å². The van der Waals surface area contributed by atoms with Crippen molar-refractivity contribution in [2.75, 3.05) is 0 Å². The van der Waals surface area contributed by atoms with Crippen LogP contribution in [-0.4, -0.2) is 10.7 Å². The highest BCUT2D eigenvalue weighted by molar-refractivity contribution is 9.10. The molecule has 0 fully saturated rings. The van der Waals surface area contributed by atoms with Gasteiger partial charge in [0.05, 0.1) is 9.40 Å². The monoisotopic (exact) mass is 257 g/mol. The van der Waals surface area contributed by atoms with Crippen LogP contribution in [-0.2, 0) is 0 Å². The van der Waals surface area contributed by atoms with Crippen molar-refractivity contribution in [3.05, 3.63) is 38.3 Å². The van der Waals surface area contributed by atoms with Gasteiger partial charge in [0.2, 0.25) is 0 Å². The summed E-state index contributed by atoms with van der Waals surface area (Å²) in [7, 11) is 0. The summed E-state index contributed by atoms with van der Waals surface area (Å²) in [4.78, 5) is 21.3. The molecule has 0 saturated carbocycles. The Labute approximate surface area is 89.2 Å². The van der Waals surface area contributed by atoms with Gasteiger partial charge < -0.3 is 0 Å². The Morgan fingerprint density at radius 1 is 1.57 bits per heavy atom. The molecule has 0 radical (unpaired) electrons. The van der Waals surface area contributed by atoms with E-state index in [1.807, 2.05) is 0 Å². The van der Waals surface area contributed by atoms with E-state index >= 15 is 0 Å². The van der Waals surface area contributed by atoms with Crippen molar-refractivity contribution in [2.45, 2.75) is 13.3 Å². The zero-order chi connectivity index (χ0) is 10.7. The van der Waals surface area contributed by atoms with E-state index in [-0.39, 0.29) is 11.5 Å². The second-order valence-electron chi connectivity index (χ2n) is 2.70. The normalized spacial score (nSPS) is 9.86. The Morgan fingerprint density at radius 2 is 2.21 bits per heavy atom. The van der Waals surface area contributed by atoms with Gasteiger partial charge in [-0.3, -0.25) is 14.9 Å². The van der Waals surface area contributed by atoms with E-state index in [9.17, 15) is 14.9 Å². The van der Waals surface area contributed by atoms with Crippen molar-refractivity contribution >= 4 is 27.4 Å². The van der Waals surface area contributed by atoms with Crippen molar-refractivity contribution in [1.29, 1.82) is 0 Å². The molecule has 0 aromatic heterocycles. The van der Waals surface area contributed by atoms with E-state index in [0.717, 1.165) is 0 Å². The third-order valence-corrected chi connectivity index (χ3v) is 2.46. The number of hydrogen-bond donors (Lipinski definition) is 0. The molecule has 0 amide bonds. The molecule has 0 unspecified atom stereocenters. The molecule has 0 spiro atoms. The van der Waals surface area contributed by atoms with E-state index in [1.54, 1.807) is 13.0 Å². The molecular formula is C9H8BrNO3. The highest BCUT2D eigenvalue weighted by Gasteiger charge is 2.14.